The first-order valence-corrected chi connectivity index (χ1v) is 6.21. The number of nitrogens with one attached hydrogen (secondary N) is 1. The van der Waals surface area contributed by atoms with Crippen molar-refractivity contribution in [1.29, 1.82) is 0 Å². The fourth-order valence-corrected chi connectivity index (χ4v) is 2.11. The van der Waals surface area contributed by atoms with Crippen molar-refractivity contribution in [1.82, 2.24) is 5.32 Å². The van der Waals surface area contributed by atoms with E-state index in [0.29, 0.717) is 12.0 Å². The number of hydrogen-bond acceptors (Lipinski definition) is 2. The first-order valence-electron chi connectivity index (χ1n) is 6.21. The summed E-state index contributed by atoms with van der Waals surface area (Å²) in [4.78, 5) is 12.1. The van der Waals surface area contributed by atoms with Gasteiger partial charge in [0.2, 0.25) is 5.91 Å². The fourth-order valence-electron chi connectivity index (χ4n) is 2.11. The first kappa shape index (κ1) is 12.1. The molecule has 1 fully saturated rings. The van der Waals surface area contributed by atoms with Gasteiger partial charge in [-0.2, -0.15) is 0 Å². The lowest BCUT2D eigenvalue weighted by Crippen LogP contribution is -2.49. The molecule has 3 atom stereocenters. The van der Waals surface area contributed by atoms with Gasteiger partial charge in [0.1, 0.15) is 5.54 Å². The highest BCUT2D eigenvalue weighted by atomic mass is 16.2. The van der Waals surface area contributed by atoms with Gasteiger partial charge in [0.15, 0.2) is 0 Å². The zero-order valence-corrected chi connectivity index (χ0v) is 10.4. The minimum Gasteiger partial charge on any atom is -0.351 e. The molecule has 0 bridgehead atoms. The maximum atomic E-state index is 12.1. The molecular formula is C14H20N2O. The van der Waals surface area contributed by atoms with Gasteiger partial charge in [-0.05, 0) is 24.8 Å². The van der Waals surface area contributed by atoms with E-state index in [9.17, 15) is 4.79 Å². The van der Waals surface area contributed by atoms with Crippen LogP contribution < -0.4 is 11.1 Å². The summed E-state index contributed by atoms with van der Waals surface area (Å²) in [6, 6.07) is 9.84. The number of hydrogen-bond donors (Lipinski definition) is 2. The average Bonchev–Trinajstić information content (AvgIpc) is 3.08. The number of nitrogens with two attached hydrogens (primary N) is 1. The maximum Gasteiger partial charge on any atom is 0.244 e. The van der Waals surface area contributed by atoms with Crippen molar-refractivity contribution in [3.63, 3.8) is 0 Å². The third kappa shape index (κ3) is 2.50. The molecule has 0 spiro atoms. The Morgan fingerprint density at radius 3 is 2.65 bits per heavy atom. The Morgan fingerprint density at radius 1 is 1.47 bits per heavy atom. The second-order valence-electron chi connectivity index (χ2n) is 5.05. The molecule has 3 nitrogen and oxygen atoms in total. The summed E-state index contributed by atoms with van der Waals surface area (Å²) in [5.74, 6) is 0.565. The van der Waals surface area contributed by atoms with Gasteiger partial charge in [-0.25, -0.2) is 0 Å². The van der Waals surface area contributed by atoms with Gasteiger partial charge < -0.3 is 11.1 Å². The molecule has 0 radical (unpaired) electrons. The third-order valence-electron chi connectivity index (χ3n) is 3.61. The molecular weight excluding hydrogens is 212 g/mol. The molecule has 3 heteroatoms. The van der Waals surface area contributed by atoms with Crippen LogP contribution in [0.15, 0.2) is 30.3 Å². The van der Waals surface area contributed by atoms with Gasteiger partial charge in [0.05, 0.1) is 0 Å². The molecule has 0 aliphatic heterocycles. The van der Waals surface area contributed by atoms with Gasteiger partial charge >= 0.3 is 0 Å². The number of amides is 1. The van der Waals surface area contributed by atoms with Crippen LogP contribution in [0, 0.1) is 5.92 Å². The van der Waals surface area contributed by atoms with Crippen LogP contribution in [-0.2, 0) is 10.3 Å². The largest absolute Gasteiger partial charge is 0.351 e. The van der Waals surface area contributed by atoms with E-state index in [-0.39, 0.29) is 5.91 Å². The molecule has 0 saturated heterocycles. The first-order chi connectivity index (χ1) is 8.05. The highest BCUT2D eigenvalue weighted by molar-refractivity contribution is 5.87. The molecule has 1 aliphatic carbocycles. The fraction of sp³-hybridized carbons (Fsp3) is 0.500. The zero-order chi connectivity index (χ0) is 12.5. The standard InChI is InChI=1S/C14H20N2O/c1-3-10-9-12(10)16-13(17)14(2,15)11-7-5-4-6-8-11/h4-8,10,12H,3,9,15H2,1-2H3,(H,16,17). The Bertz CT molecular complexity index is 400. The lowest BCUT2D eigenvalue weighted by atomic mass is 9.92. The van der Waals surface area contributed by atoms with Gasteiger partial charge in [-0.15, -0.1) is 0 Å². The summed E-state index contributed by atoms with van der Waals surface area (Å²) in [6.07, 6.45) is 2.21. The topological polar surface area (TPSA) is 55.1 Å². The summed E-state index contributed by atoms with van der Waals surface area (Å²) >= 11 is 0. The molecule has 0 heterocycles. The highest BCUT2D eigenvalue weighted by Crippen LogP contribution is 2.33. The number of carbonyl (C=O) groups is 1. The summed E-state index contributed by atoms with van der Waals surface area (Å²) in [6.45, 7) is 3.91. The van der Waals surface area contributed by atoms with Crippen LogP contribution in [0.3, 0.4) is 0 Å². The van der Waals surface area contributed by atoms with Crippen molar-refractivity contribution in [3.8, 4) is 0 Å². The monoisotopic (exact) mass is 232 g/mol. The lowest BCUT2D eigenvalue weighted by molar-refractivity contribution is -0.126. The lowest BCUT2D eigenvalue weighted by Gasteiger charge is -2.24. The molecule has 1 aliphatic rings. The molecule has 1 saturated carbocycles. The van der Waals surface area contributed by atoms with Crippen molar-refractivity contribution in [2.75, 3.05) is 0 Å². The average molecular weight is 232 g/mol. The Kier molecular flexibility index (Phi) is 3.20. The van der Waals surface area contributed by atoms with E-state index in [2.05, 4.69) is 12.2 Å². The van der Waals surface area contributed by atoms with Crippen LogP contribution >= 0.6 is 0 Å². The second-order valence-corrected chi connectivity index (χ2v) is 5.05. The van der Waals surface area contributed by atoms with Crippen LogP contribution in [0.1, 0.15) is 32.3 Å². The summed E-state index contributed by atoms with van der Waals surface area (Å²) in [5, 5.41) is 3.03. The Balaban J connectivity index is 2.03. The summed E-state index contributed by atoms with van der Waals surface area (Å²) < 4.78 is 0. The molecule has 1 aromatic carbocycles. The van der Waals surface area contributed by atoms with E-state index in [1.807, 2.05) is 30.3 Å². The van der Waals surface area contributed by atoms with E-state index in [1.54, 1.807) is 6.92 Å². The van der Waals surface area contributed by atoms with Crippen LogP contribution in [0.2, 0.25) is 0 Å². The third-order valence-corrected chi connectivity index (χ3v) is 3.61. The van der Waals surface area contributed by atoms with E-state index < -0.39 is 5.54 Å². The predicted molar refractivity (Wildman–Crippen MR) is 68.3 cm³/mol. The molecule has 0 aromatic heterocycles. The molecule has 3 N–H and O–H groups in total. The van der Waals surface area contributed by atoms with Crippen molar-refractivity contribution < 1.29 is 4.79 Å². The van der Waals surface area contributed by atoms with Gasteiger partial charge in [-0.1, -0.05) is 43.7 Å². The highest BCUT2D eigenvalue weighted by Gasteiger charge is 2.40. The maximum absolute atomic E-state index is 12.1. The van der Waals surface area contributed by atoms with Crippen molar-refractivity contribution in [2.24, 2.45) is 11.7 Å². The quantitative estimate of drug-likeness (QED) is 0.831. The van der Waals surface area contributed by atoms with Gasteiger partial charge in [0, 0.05) is 6.04 Å². The van der Waals surface area contributed by atoms with Crippen LogP contribution in [0.5, 0.6) is 0 Å². The Labute approximate surface area is 102 Å². The molecule has 92 valence electrons. The summed E-state index contributed by atoms with van der Waals surface area (Å²) in [7, 11) is 0. The van der Waals surface area contributed by atoms with E-state index in [0.717, 1.165) is 18.4 Å². The molecule has 1 aromatic rings. The van der Waals surface area contributed by atoms with Crippen LogP contribution in [-0.4, -0.2) is 11.9 Å². The minimum atomic E-state index is -0.942. The van der Waals surface area contributed by atoms with Gasteiger partial charge in [0.25, 0.3) is 0 Å². The summed E-state index contributed by atoms with van der Waals surface area (Å²) in [5.41, 5.74) is 6.04. The Hall–Kier alpha value is -1.35. The van der Waals surface area contributed by atoms with E-state index in [1.165, 1.54) is 0 Å². The number of carbonyl (C=O) groups excluding carboxylic acids is 1. The number of rotatable bonds is 4. The normalized spacial score (nSPS) is 26.1. The van der Waals surface area contributed by atoms with Crippen molar-refractivity contribution in [2.45, 2.75) is 38.3 Å². The second kappa shape index (κ2) is 4.49. The van der Waals surface area contributed by atoms with Crippen molar-refractivity contribution in [3.05, 3.63) is 35.9 Å². The smallest absolute Gasteiger partial charge is 0.244 e. The molecule has 1 amide bonds. The van der Waals surface area contributed by atoms with Crippen LogP contribution in [0.25, 0.3) is 0 Å². The van der Waals surface area contributed by atoms with E-state index >= 15 is 0 Å². The number of benzene rings is 1. The zero-order valence-electron chi connectivity index (χ0n) is 10.4. The SMILES string of the molecule is CCC1CC1NC(=O)C(C)(N)c1ccccc1. The van der Waals surface area contributed by atoms with Crippen molar-refractivity contribution >= 4 is 5.91 Å². The predicted octanol–water partition coefficient (Wildman–Crippen LogP) is 1.78. The van der Waals surface area contributed by atoms with Gasteiger partial charge in [-0.3, -0.25) is 4.79 Å². The molecule has 17 heavy (non-hydrogen) atoms. The molecule has 2 rings (SSSR count). The molecule has 3 unspecified atom stereocenters. The van der Waals surface area contributed by atoms with Crippen LogP contribution in [0.4, 0.5) is 0 Å². The Morgan fingerprint density at radius 2 is 2.12 bits per heavy atom. The van der Waals surface area contributed by atoms with E-state index in [4.69, 9.17) is 5.73 Å². The minimum absolute atomic E-state index is 0.0790.